The molecule has 34 heavy (non-hydrogen) atoms. The minimum absolute atomic E-state index is 0.174. The van der Waals surface area contributed by atoms with Crippen molar-refractivity contribution in [1.82, 2.24) is 14.8 Å². The van der Waals surface area contributed by atoms with E-state index in [0.29, 0.717) is 23.3 Å². The number of carbonyl (C=O) groups is 1. The summed E-state index contributed by atoms with van der Waals surface area (Å²) < 4.78 is 7.57. The molecule has 0 spiro atoms. The van der Waals surface area contributed by atoms with Gasteiger partial charge >= 0.3 is 0 Å². The third kappa shape index (κ3) is 5.12. The second-order valence-corrected chi connectivity index (χ2v) is 9.27. The number of unbranched alkanes of at least 4 members (excludes halogenated alkanes) is 1. The Morgan fingerprint density at radius 1 is 1.18 bits per heavy atom. The molecule has 1 amide bonds. The van der Waals surface area contributed by atoms with Crippen LogP contribution in [0.2, 0.25) is 0 Å². The average Bonchev–Trinajstić information content (AvgIpc) is 3.22. The summed E-state index contributed by atoms with van der Waals surface area (Å²) in [6, 6.07) is 15.2. The van der Waals surface area contributed by atoms with Crippen LogP contribution in [0.15, 0.2) is 65.0 Å². The molecule has 2 N–H and O–H groups in total. The maximum atomic E-state index is 13.6. The first kappa shape index (κ1) is 23.9. The number of allylic oxidation sites excluding steroid dienone is 1. The van der Waals surface area contributed by atoms with Crippen molar-refractivity contribution < 1.29 is 9.53 Å². The Kier molecular flexibility index (Phi) is 7.57. The number of anilines is 2. The summed E-state index contributed by atoms with van der Waals surface area (Å²) in [5, 5.41) is 11.9. The molecule has 0 radical (unpaired) electrons. The molecule has 1 atom stereocenters. The fourth-order valence-electron chi connectivity index (χ4n) is 3.95. The topological polar surface area (TPSA) is 81.1 Å². The molecule has 0 fully saturated rings. The van der Waals surface area contributed by atoms with E-state index in [1.54, 1.807) is 11.8 Å². The molecule has 7 nitrogen and oxygen atoms in total. The Balaban J connectivity index is 1.75. The summed E-state index contributed by atoms with van der Waals surface area (Å²) in [4.78, 5) is 18.4. The number of aryl methyl sites for hydroxylation is 1. The molecule has 1 unspecified atom stereocenters. The minimum atomic E-state index is -0.436. The molecule has 0 saturated carbocycles. The molecule has 3 aromatic rings. The van der Waals surface area contributed by atoms with Gasteiger partial charge < -0.3 is 15.4 Å². The molecule has 0 aliphatic carbocycles. The molecular formula is C26H31N5O2S. The lowest BCUT2D eigenvalue weighted by Crippen LogP contribution is -2.31. The zero-order valence-corrected chi connectivity index (χ0v) is 20.9. The van der Waals surface area contributed by atoms with Crippen LogP contribution >= 0.6 is 11.8 Å². The molecule has 1 aromatic heterocycles. The van der Waals surface area contributed by atoms with E-state index >= 15 is 0 Å². The number of para-hydroxylation sites is 1. The molecule has 0 bridgehead atoms. The number of hydrogen-bond acceptors (Lipinski definition) is 6. The highest BCUT2D eigenvalue weighted by Gasteiger charge is 2.34. The second kappa shape index (κ2) is 10.8. The molecular weight excluding hydrogens is 446 g/mol. The molecule has 178 valence electrons. The Hall–Kier alpha value is -3.26. The van der Waals surface area contributed by atoms with Crippen LogP contribution in [0.3, 0.4) is 0 Å². The van der Waals surface area contributed by atoms with Crippen LogP contribution < -0.4 is 15.4 Å². The summed E-state index contributed by atoms with van der Waals surface area (Å²) in [6.45, 7) is 8.58. The maximum absolute atomic E-state index is 13.6. The van der Waals surface area contributed by atoms with Crippen molar-refractivity contribution >= 4 is 29.3 Å². The average molecular weight is 478 g/mol. The number of fused-ring (bicyclic) bond motifs is 1. The van der Waals surface area contributed by atoms with Gasteiger partial charge in [0, 0.05) is 17.1 Å². The Bertz CT molecular complexity index is 1200. The molecule has 1 aliphatic rings. The van der Waals surface area contributed by atoms with E-state index in [4.69, 9.17) is 14.8 Å². The van der Waals surface area contributed by atoms with Crippen molar-refractivity contribution in [2.45, 2.75) is 51.7 Å². The molecule has 1 aliphatic heterocycles. The zero-order chi connectivity index (χ0) is 24.1. The van der Waals surface area contributed by atoms with Crippen molar-refractivity contribution in [2.75, 3.05) is 23.0 Å². The lowest BCUT2D eigenvalue weighted by atomic mass is 9.94. The van der Waals surface area contributed by atoms with Gasteiger partial charge in [-0.25, -0.2) is 4.68 Å². The second-order valence-electron chi connectivity index (χ2n) is 8.21. The normalized spacial score (nSPS) is 15.0. The van der Waals surface area contributed by atoms with Gasteiger partial charge in [-0.1, -0.05) is 55.4 Å². The maximum Gasteiger partial charge on any atom is 0.255 e. The SMILES string of the molecule is CCCCSc1nc2n(n1)C(c1cccc(OCC)c1)C(C(=O)Nc1ccccc1C)=C(C)N2. The van der Waals surface area contributed by atoms with Gasteiger partial charge in [0.1, 0.15) is 11.8 Å². The number of nitrogens with one attached hydrogen (secondary N) is 2. The Labute approximate surface area is 205 Å². The third-order valence-corrected chi connectivity index (χ3v) is 6.61. The van der Waals surface area contributed by atoms with Gasteiger partial charge in [0.25, 0.3) is 5.91 Å². The number of amides is 1. The van der Waals surface area contributed by atoms with Crippen molar-refractivity contribution in [3.05, 3.63) is 70.9 Å². The molecule has 4 rings (SSSR count). The standard InChI is InChI=1S/C26H31N5O2S/c1-5-7-15-34-26-29-25-27-18(4)22(24(32)28-21-14-9-8-11-17(21)3)23(31(25)30-26)19-12-10-13-20(16-19)33-6-2/h8-14,16,23H,5-7,15H2,1-4H3,(H,28,32)(H,27,29,30). The monoisotopic (exact) mass is 477 g/mol. The summed E-state index contributed by atoms with van der Waals surface area (Å²) in [5.74, 6) is 2.18. The summed E-state index contributed by atoms with van der Waals surface area (Å²) >= 11 is 1.64. The number of benzene rings is 2. The van der Waals surface area contributed by atoms with Crippen molar-refractivity contribution in [2.24, 2.45) is 0 Å². The highest BCUT2D eigenvalue weighted by Crippen LogP contribution is 2.38. The first-order chi connectivity index (χ1) is 16.5. The van der Waals surface area contributed by atoms with Crippen molar-refractivity contribution in [3.63, 3.8) is 0 Å². The fraction of sp³-hybridized carbons (Fsp3) is 0.346. The largest absolute Gasteiger partial charge is 0.494 e. The van der Waals surface area contributed by atoms with Crippen molar-refractivity contribution in [1.29, 1.82) is 0 Å². The first-order valence-corrected chi connectivity index (χ1v) is 12.7. The third-order valence-electron chi connectivity index (χ3n) is 5.68. The van der Waals surface area contributed by atoms with Gasteiger partial charge in [-0.15, -0.1) is 5.10 Å². The van der Waals surface area contributed by atoms with Crippen LogP contribution in [0.5, 0.6) is 5.75 Å². The predicted octanol–water partition coefficient (Wildman–Crippen LogP) is 5.81. The minimum Gasteiger partial charge on any atom is -0.494 e. The fourth-order valence-corrected chi connectivity index (χ4v) is 4.86. The van der Waals surface area contributed by atoms with E-state index in [1.807, 2.05) is 74.0 Å². The highest BCUT2D eigenvalue weighted by atomic mass is 32.2. The van der Waals surface area contributed by atoms with Gasteiger partial charge in [-0.3, -0.25) is 4.79 Å². The van der Waals surface area contributed by atoms with E-state index in [1.165, 1.54) is 0 Å². The van der Waals surface area contributed by atoms with Crippen LogP contribution in [0.4, 0.5) is 11.6 Å². The molecule has 2 heterocycles. The number of nitrogens with zero attached hydrogens (tertiary/aromatic N) is 3. The number of hydrogen-bond donors (Lipinski definition) is 2. The van der Waals surface area contributed by atoms with E-state index in [-0.39, 0.29) is 5.91 Å². The van der Waals surface area contributed by atoms with Crippen LogP contribution in [0, 0.1) is 6.92 Å². The van der Waals surface area contributed by atoms with Crippen LogP contribution in [0.1, 0.15) is 50.8 Å². The smallest absolute Gasteiger partial charge is 0.255 e. The zero-order valence-electron chi connectivity index (χ0n) is 20.1. The lowest BCUT2D eigenvalue weighted by Gasteiger charge is -2.29. The molecule has 8 heteroatoms. The first-order valence-electron chi connectivity index (χ1n) is 11.7. The van der Waals surface area contributed by atoms with Gasteiger partial charge in [0.15, 0.2) is 0 Å². The lowest BCUT2D eigenvalue weighted by molar-refractivity contribution is -0.113. The Morgan fingerprint density at radius 3 is 2.76 bits per heavy atom. The van der Waals surface area contributed by atoms with Crippen molar-refractivity contribution in [3.8, 4) is 5.75 Å². The van der Waals surface area contributed by atoms with Gasteiger partial charge in [-0.2, -0.15) is 4.98 Å². The number of rotatable bonds is 9. The highest BCUT2D eigenvalue weighted by molar-refractivity contribution is 7.99. The van der Waals surface area contributed by atoms with Gasteiger partial charge in [-0.05, 0) is 56.5 Å². The Morgan fingerprint density at radius 2 is 2.00 bits per heavy atom. The molecule has 0 saturated heterocycles. The number of carbonyl (C=O) groups excluding carboxylic acids is 1. The number of ether oxygens (including phenoxy) is 1. The van der Waals surface area contributed by atoms with Crippen LogP contribution in [0.25, 0.3) is 0 Å². The van der Waals surface area contributed by atoms with Crippen LogP contribution in [-0.4, -0.2) is 33.0 Å². The van der Waals surface area contributed by atoms with Crippen LogP contribution in [-0.2, 0) is 4.79 Å². The van der Waals surface area contributed by atoms with Gasteiger partial charge in [0.2, 0.25) is 11.1 Å². The number of thioether (sulfide) groups is 1. The van der Waals surface area contributed by atoms with E-state index in [9.17, 15) is 4.79 Å². The van der Waals surface area contributed by atoms with Gasteiger partial charge in [0.05, 0.1) is 12.2 Å². The predicted molar refractivity (Wildman–Crippen MR) is 138 cm³/mol. The summed E-state index contributed by atoms with van der Waals surface area (Å²) in [5.41, 5.74) is 4.05. The number of aromatic nitrogens is 3. The van der Waals surface area contributed by atoms with E-state index < -0.39 is 6.04 Å². The van der Waals surface area contributed by atoms with E-state index in [2.05, 4.69) is 17.6 Å². The summed E-state index contributed by atoms with van der Waals surface area (Å²) in [6.07, 6.45) is 2.22. The van der Waals surface area contributed by atoms with E-state index in [0.717, 1.165) is 46.9 Å². The summed E-state index contributed by atoms with van der Waals surface area (Å²) in [7, 11) is 0. The molecule has 2 aromatic carbocycles. The quantitative estimate of drug-likeness (QED) is 0.299.